The van der Waals surface area contributed by atoms with E-state index in [4.69, 9.17) is 14.7 Å². The predicted molar refractivity (Wildman–Crippen MR) is 108 cm³/mol. The molecule has 0 spiro atoms. The number of carbonyl (C=O) groups is 2. The van der Waals surface area contributed by atoms with Gasteiger partial charge in [-0.05, 0) is 30.2 Å². The summed E-state index contributed by atoms with van der Waals surface area (Å²) in [5.74, 6) is -3.28. The average Bonchev–Trinajstić information content (AvgIpc) is 2.71. The molecular weight excluding hydrogens is 451 g/mol. The number of nitrogens with one attached hydrogen (secondary N) is 2. The number of halogens is 4. The van der Waals surface area contributed by atoms with Gasteiger partial charge in [0.05, 0.1) is 0 Å². The van der Waals surface area contributed by atoms with Crippen LogP contribution in [0.5, 0.6) is 5.75 Å². The predicted octanol–water partition coefficient (Wildman–Crippen LogP) is 1.52. The first-order valence-corrected chi connectivity index (χ1v) is 9.57. The Balaban J connectivity index is 1.94. The Labute approximate surface area is 186 Å². The standard InChI is InChI=1S/C20H21BF4N2O6/c1-12-5-7-13(8-6-12)10-16(33-21(30)31)27-19(29)17(22)18(28)26-11-14-3-2-4-15(9-14)32-20(23,24)25/h2-9,16-17,30-31H,10-11H2,1H3,(H,26,28)(H,27,29). The zero-order valence-electron chi connectivity index (χ0n) is 17.3. The number of carbonyl (C=O) groups excluding carboxylic acids is 2. The summed E-state index contributed by atoms with van der Waals surface area (Å²) in [6.07, 6.45) is -9.00. The largest absolute Gasteiger partial charge is 0.635 e. The molecule has 2 atom stereocenters. The number of benzene rings is 2. The van der Waals surface area contributed by atoms with Crippen LogP contribution in [0.4, 0.5) is 17.6 Å². The molecule has 2 amide bonds. The molecule has 2 rings (SSSR count). The maximum atomic E-state index is 14.3. The van der Waals surface area contributed by atoms with Crippen LogP contribution in [0.2, 0.25) is 0 Å². The second kappa shape index (κ2) is 11.6. The lowest BCUT2D eigenvalue weighted by Gasteiger charge is -2.20. The maximum Gasteiger partial charge on any atom is 0.635 e. The van der Waals surface area contributed by atoms with Gasteiger partial charge in [0.25, 0.3) is 18.0 Å². The van der Waals surface area contributed by atoms with Crippen LogP contribution in [-0.2, 0) is 27.2 Å². The van der Waals surface area contributed by atoms with Gasteiger partial charge in [0.15, 0.2) is 0 Å². The van der Waals surface area contributed by atoms with Gasteiger partial charge in [0, 0.05) is 13.0 Å². The zero-order chi connectivity index (χ0) is 24.6. The molecule has 0 aliphatic carbocycles. The Hall–Kier alpha value is -3.16. The fourth-order valence-electron chi connectivity index (χ4n) is 2.70. The molecular formula is C20H21BF4N2O6. The van der Waals surface area contributed by atoms with Gasteiger partial charge >= 0.3 is 13.7 Å². The molecule has 4 N–H and O–H groups in total. The lowest BCUT2D eigenvalue weighted by Crippen LogP contribution is -2.49. The molecule has 33 heavy (non-hydrogen) atoms. The molecule has 0 radical (unpaired) electrons. The van der Waals surface area contributed by atoms with Crippen LogP contribution in [-0.4, -0.2) is 47.9 Å². The Morgan fingerprint density at radius 1 is 1.06 bits per heavy atom. The van der Waals surface area contributed by atoms with E-state index in [1.807, 2.05) is 6.92 Å². The minimum Gasteiger partial charge on any atom is -0.406 e. The van der Waals surface area contributed by atoms with Gasteiger partial charge in [-0.2, -0.15) is 0 Å². The number of ether oxygens (including phenoxy) is 1. The molecule has 2 unspecified atom stereocenters. The molecule has 2 aromatic rings. The molecule has 0 heterocycles. The van der Waals surface area contributed by atoms with Crippen molar-refractivity contribution in [3.8, 4) is 5.75 Å². The van der Waals surface area contributed by atoms with Gasteiger partial charge in [-0.25, -0.2) is 4.39 Å². The number of alkyl halides is 4. The van der Waals surface area contributed by atoms with E-state index in [0.29, 0.717) is 5.56 Å². The van der Waals surface area contributed by atoms with Gasteiger partial charge in [-0.15, -0.1) is 13.2 Å². The number of hydrogen-bond donors (Lipinski definition) is 4. The molecule has 0 aliphatic rings. The number of hydrogen-bond acceptors (Lipinski definition) is 6. The molecule has 8 nitrogen and oxygen atoms in total. The highest BCUT2D eigenvalue weighted by Gasteiger charge is 2.31. The van der Waals surface area contributed by atoms with Gasteiger partial charge < -0.3 is 30.1 Å². The van der Waals surface area contributed by atoms with Gasteiger partial charge in [0.1, 0.15) is 12.0 Å². The first-order valence-electron chi connectivity index (χ1n) is 9.57. The SMILES string of the molecule is Cc1ccc(CC(NC(=O)C(F)C(=O)NCc2cccc(OC(F)(F)F)c2)OB(O)O)cc1. The molecule has 0 saturated carbocycles. The van der Waals surface area contributed by atoms with E-state index in [0.717, 1.165) is 17.7 Å². The third-order valence-corrected chi connectivity index (χ3v) is 4.19. The fraction of sp³-hybridized carbons (Fsp3) is 0.300. The number of amides is 2. The number of rotatable bonds is 10. The second-order valence-electron chi connectivity index (χ2n) is 6.92. The fourth-order valence-corrected chi connectivity index (χ4v) is 2.70. The van der Waals surface area contributed by atoms with Crippen molar-refractivity contribution in [1.29, 1.82) is 0 Å². The summed E-state index contributed by atoms with van der Waals surface area (Å²) < 4.78 is 59.7. The van der Waals surface area contributed by atoms with Crippen molar-refractivity contribution >= 4 is 19.1 Å². The van der Waals surface area contributed by atoms with Crippen LogP contribution in [0, 0.1) is 6.92 Å². The molecule has 0 bridgehead atoms. The lowest BCUT2D eigenvalue weighted by atomic mass is 10.1. The van der Waals surface area contributed by atoms with E-state index in [9.17, 15) is 27.2 Å². The van der Waals surface area contributed by atoms with Gasteiger partial charge in [0.2, 0.25) is 0 Å². The third-order valence-electron chi connectivity index (χ3n) is 4.19. The lowest BCUT2D eigenvalue weighted by molar-refractivity contribution is -0.274. The van der Waals surface area contributed by atoms with Crippen molar-refractivity contribution in [2.24, 2.45) is 0 Å². The van der Waals surface area contributed by atoms with E-state index in [1.165, 1.54) is 12.1 Å². The third kappa shape index (κ3) is 9.47. The van der Waals surface area contributed by atoms with E-state index in [2.05, 4.69) is 15.4 Å². The maximum absolute atomic E-state index is 14.3. The average molecular weight is 472 g/mol. The van der Waals surface area contributed by atoms with Crippen molar-refractivity contribution in [2.45, 2.75) is 38.7 Å². The summed E-state index contributed by atoms with van der Waals surface area (Å²) in [4.78, 5) is 24.1. The number of aryl methyl sites for hydroxylation is 1. The summed E-state index contributed by atoms with van der Waals surface area (Å²) in [5, 5.41) is 22.2. The first kappa shape index (κ1) is 26.1. The van der Waals surface area contributed by atoms with Crippen LogP contribution < -0.4 is 15.4 Å². The molecule has 0 aromatic heterocycles. The van der Waals surface area contributed by atoms with Gasteiger partial charge in [-0.3, -0.25) is 9.59 Å². The Morgan fingerprint density at radius 2 is 1.73 bits per heavy atom. The highest BCUT2D eigenvalue weighted by Crippen LogP contribution is 2.23. The Morgan fingerprint density at radius 3 is 2.33 bits per heavy atom. The molecule has 0 fully saturated rings. The van der Waals surface area contributed by atoms with Crippen LogP contribution in [0.1, 0.15) is 16.7 Å². The van der Waals surface area contributed by atoms with Crippen LogP contribution in [0.25, 0.3) is 0 Å². The highest BCUT2D eigenvalue weighted by molar-refractivity contribution is 6.32. The quantitative estimate of drug-likeness (QED) is 0.180. The summed E-state index contributed by atoms with van der Waals surface area (Å²) in [5.41, 5.74) is 1.76. The molecule has 0 aliphatic heterocycles. The normalized spacial score (nSPS) is 13.1. The van der Waals surface area contributed by atoms with Gasteiger partial charge in [-0.1, -0.05) is 42.0 Å². The van der Waals surface area contributed by atoms with Crippen LogP contribution in [0.15, 0.2) is 48.5 Å². The molecule has 2 aromatic carbocycles. The zero-order valence-corrected chi connectivity index (χ0v) is 17.3. The molecule has 13 heteroatoms. The minimum atomic E-state index is -4.90. The van der Waals surface area contributed by atoms with Crippen LogP contribution in [0.3, 0.4) is 0 Å². The van der Waals surface area contributed by atoms with Crippen molar-refractivity contribution in [3.05, 3.63) is 65.2 Å². The monoisotopic (exact) mass is 472 g/mol. The first-order chi connectivity index (χ1) is 15.4. The molecule has 0 saturated heterocycles. The van der Waals surface area contributed by atoms with E-state index >= 15 is 0 Å². The second-order valence-corrected chi connectivity index (χ2v) is 6.92. The molecule has 178 valence electrons. The van der Waals surface area contributed by atoms with Crippen molar-refractivity contribution in [2.75, 3.05) is 0 Å². The summed E-state index contributed by atoms with van der Waals surface area (Å²) in [6, 6.07) is 11.6. The Bertz CT molecular complexity index is 943. The minimum absolute atomic E-state index is 0.0516. The topological polar surface area (TPSA) is 117 Å². The van der Waals surface area contributed by atoms with E-state index in [-0.39, 0.29) is 18.5 Å². The summed E-state index contributed by atoms with van der Waals surface area (Å²) >= 11 is 0. The highest BCUT2D eigenvalue weighted by atomic mass is 19.4. The Kier molecular flexibility index (Phi) is 9.20. The van der Waals surface area contributed by atoms with Crippen molar-refractivity contribution < 1.29 is 46.6 Å². The van der Waals surface area contributed by atoms with Crippen molar-refractivity contribution in [1.82, 2.24) is 10.6 Å². The van der Waals surface area contributed by atoms with Crippen molar-refractivity contribution in [3.63, 3.8) is 0 Å². The van der Waals surface area contributed by atoms with E-state index in [1.54, 1.807) is 24.3 Å². The summed E-state index contributed by atoms with van der Waals surface area (Å²) in [7, 11) is -2.26. The smallest absolute Gasteiger partial charge is 0.406 e. The van der Waals surface area contributed by atoms with E-state index < -0.39 is 43.6 Å². The summed E-state index contributed by atoms with van der Waals surface area (Å²) in [6.45, 7) is 1.48. The van der Waals surface area contributed by atoms with Crippen LogP contribution >= 0.6 is 0 Å².